The maximum absolute atomic E-state index is 14.3. The zero-order valence-corrected chi connectivity index (χ0v) is 23.6. The number of rotatable bonds is 8. The fourth-order valence-electron chi connectivity index (χ4n) is 5.99. The van der Waals surface area contributed by atoms with Gasteiger partial charge < -0.3 is 10.6 Å². The largest absolute Gasteiger partial charge is 0.348 e. The molecule has 0 spiro atoms. The zero-order valence-electron chi connectivity index (χ0n) is 23.6. The highest BCUT2D eigenvalue weighted by Crippen LogP contribution is 2.43. The summed E-state index contributed by atoms with van der Waals surface area (Å²) in [6.07, 6.45) is 4.71. The quantitative estimate of drug-likeness (QED) is 0.233. The minimum absolute atomic E-state index is 0.00729. The number of imide groups is 1. The van der Waals surface area contributed by atoms with E-state index in [1.807, 2.05) is 0 Å². The molecule has 0 radical (unpaired) electrons. The van der Waals surface area contributed by atoms with E-state index in [1.165, 1.54) is 15.8 Å². The molecule has 14 heteroatoms. The average Bonchev–Trinajstić information content (AvgIpc) is 3.33. The van der Waals surface area contributed by atoms with Crippen molar-refractivity contribution < 1.29 is 27.6 Å². The van der Waals surface area contributed by atoms with Crippen molar-refractivity contribution in [1.82, 2.24) is 35.4 Å². The maximum atomic E-state index is 14.3. The van der Waals surface area contributed by atoms with Gasteiger partial charge in [-0.25, -0.2) is 27.5 Å². The molecule has 4 heterocycles. The number of anilines is 1. The molecule has 226 valence electrons. The van der Waals surface area contributed by atoms with Crippen LogP contribution in [0.1, 0.15) is 53.5 Å². The summed E-state index contributed by atoms with van der Waals surface area (Å²) >= 11 is 0. The highest BCUT2D eigenvalue weighted by Gasteiger charge is 2.56. The van der Waals surface area contributed by atoms with Gasteiger partial charge in [-0.05, 0) is 62.3 Å². The van der Waals surface area contributed by atoms with Crippen LogP contribution in [0.5, 0.6) is 0 Å². The zero-order chi connectivity index (χ0) is 30.7. The van der Waals surface area contributed by atoms with Crippen LogP contribution >= 0.6 is 0 Å². The van der Waals surface area contributed by atoms with Gasteiger partial charge in [0.05, 0.1) is 35.4 Å². The van der Waals surface area contributed by atoms with E-state index in [2.05, 4.69) is 26.0 Å². The minimum Gasteiger partial charge on any atom is -0.348 e. The molecule has 44 heavy (non-hydrogen) atoms. The van der Waals surface area contributed by atoms with E-state index < -0.39 is 29.0 Å². The standard InChI is InChI=1S/C30H27F3N8O3/c1-30(17-6-7-17)28(43)41(29(44)35-30)18-8-4-16(5-9-18)13-34-27(42)26-24(37-40-10-2-3-25(26)40)15-39-14-23(36-38-39)19-11-21(32)22(33)12-20(19)31/h4-5,8-9,11-12,14,17H,2-3,6-7,10,13,15H2,1H3,(H,34,42)(H,35,44). The van der Waals surface area contributed by atoms with Crippen LogP contribution in [-0.4, -0.2) is 48.2 Å². The Morgan fingerprint density at radius 3 is 2.59 bits per heavy atom. The first-order valence-electron chi connectivity index (χ1n) is 14.3. The number of amides is 4. The Kier molecular flexibility index (Phi) is 6.52. The molecule has 2 aromatic heterocycles. The third-order valence-electron chi connectivity index (χ3n) is 8.54. The van der Waals surface area contributed by atoms with Crippen LogP contribution < -0.4 is 15.5 Å². The van der Waals surface area contributed by atoms with Crippen LogP contribution in [0.15, 0.2) is 42.6 Å². The van der Waals surface area contributed by atoms with Crippen LogP contribution in [0.2, 0.25) is 0 Å². The van der Waals surface area contributed by atoms with Gasteiger partial charge in [0, 0.05) is 24.7 Å². The second-order valence-corrected chi connectivity index (χ2v) is 11.5. The molecular formula is C30H27F3N8O3. The third kappa shape index (κ3) is 4.70. The summed E-state index contributed by atoms with van der Waals surface area (Å²) in [5.41, 5.74) is 1.75. The number of nitrogens with one attached hydrogen (secondary N) is 2. The molecule has 11 nitrogen and oxygen atoms in total. The van der Waals surface area contributed by atoms with Crippen molar-refractivity contribution in [1.29, 1.82) is 0 Å². The first-order chi connectivity index (χ1) is 21.1. The number of benzene rings is 2. The van der Waals surface area contributed by atoms with Crippen molar-refractivity contribution in [2.24, 2.45) is 5.92 Å². The maximum Gasteiger partial charge on any atom is 0.329 e. The normalized spacial score (nSPS) is 19.4. The summed E-state index contributed by atoms with van der Waals surface area (Å²) in [6.45, 7) is 2.65. The predicted octanol–water partition coefficient (Wildman–Crippen LogP) is 3.71. The van der Waals surface area contributed by atoms with Gasteiger partial charge in [-0.2, -0.15) is 5.10 Å². The second-order valence-electron chi connectivity index (χ2n) is 11.5. The summed E-state index contributed by atoms with van der Waals surface area (Å²) in [7, 11) is 0. The average molecular weight is 605 g/mol. The van der Waals surface area contributed by atoms with Crippen molar-refractivity contribution in [3.63, 3.8) is 0 Å². The van der Waals surface area contributed by atoms with Crippen molar-refractivity contribution in [3.8, 4) is 11.3 Å². The van der Waals surface area contributed by atoms with Gasteiger partial charge in [0.1, 0.15) is 17.1 Å². The summed E-state index contributed by atoms with van der Waals surface area (Å²) in [5, 5.41) is 18.2. The van der Waals surface area contributed by atoms with Crippen LogP contribution in [-0.2, 0) is 30.8 Å². The van der Waals surface area contributed by atoms with Crippen molar-refractivity contribution >= 4 is 23.5 Å². The van der Waals surface area contributed by atoms with Crippen LogP contribution in [0.3, 0.4) is 0 Å². The molecule has 2 fully saturated rings. The number of nitrogens with zero attached hydrogens (tertiary/aromatic N) is 6. The molecule has 0 bridgehead atoms. The monoisotopic (exact) mass is 604 g/mol. The fraction of sp³-hybridized carbons (Fsp3) is 0.333. The Labute approximate surface area is 249 Å². The number of aromatic nitrogens is 5. The molecule has 2 aliphatic heterocycles. The van der Waals surface area contributed by atoms with Gasteiger partial charge in [-0.1, -0.05) is 17.3 Å². The summed E-state index contributed by atoms with van der Waals surface area (Å²) in [6, 6.07) is 7.59. The third-order valence-corrected chi connectivity index (χ3v) is 8.54. The topological polar surface area (TPSA) is 127 Å². The van der Waals surface area contributed by atoms with Crippen molar-refractivity contribution in [2.75, 3.05) is 4.90 Å². The molecule has 4 amide bonds. The highest BCUT2D eigenvalue weighted by molar-refractivity contribution is 6.23. The lowest BCUT2D eigenvalue weighted by molar-refractivity contribution is -0.122. The van der Waals surface area contributed by atoms with Gasteiger partial charge in [0.25, 0.3) is 11.8 Å². The number of hydrogen-bond donors (Lipinski definition) is 2. The first-order valence-corrected chi connectivity index (χ1v) is 14.3. The van der Waals surface area contributed by atoms with Crippen molar-refractivity contribution in [3.05, 3.63) is 82.6 Å². The number of hydrogen-bond acceptors (Lipinski definition) is 6. The van der Waals surface area contributed by atoms with Gasteiger partial charge in [-0.15, -0.1) is 5.10 Å². The SMILES string of the molecule is CC1(C2CC2)NC(=O)N(c2ccc(CNC(=O)c3c(Cn4cc(-c5cc(F)c(F)cc5F)nn4)nn4c3CCC4)cc2)C1=O. The fourth-order valence-corrected chi connectivity index (χ4v) is 5.99. The predicted molar refractivity (Wildman–Crippen MR) is 150 cm³/mol. The summed E-state index contributed by atoms with van der Waals surface area (Å²) in [5.74, 6) is -3.93. The molecule has 4 aromatic rings. The van der Waals surface area contributed by atoms with E-state index in [4.69, 9.17) is 0 Å². The van der Waals surface area contributed by atoms with Gasteiger partial charge in [0.2, 0.25) is 0 Å². The number of urea groups is 1. The molecular weight excluding hydrogens is 577 g/mol. The first kappa shape index (κ1) is 27.8. The van der Waals surface area contributed by atoms with Crippen LogP contribution in [0.25, 0.3) is 11.3 Å². The van der Waals surface area contributed by atoms with Crippen LogP contribution in [0.4, 0.5) is 23.7 Å². The minimum atomic E-state index is -1.30. The Hall–Kier alpha value is -5.01. The van der Waals surface area contributed by atoms with Gasteiger partial charge in [0.15, 0.2) is 11.6 Å². The smallest absolute Gasteiger partial charge is 0.329 e. The molecule has 2 aromatic carbocycles. The Bertz CT molecular complexity index is 1830. The van der Waals surface area contributed by atoms with Crippen LogP contribution in [0, 0.1) is 23.4 Å². The molecule has 2 N–H and O–H groups in total. The van der Waals surface area contributed by atoms with Gasteiger partial charge >= 0.3 is 6.03 Å². The number of carbonyl (C=O) groups is 3. The van der Waals surface area contributed by atoms with E-state index >= 15 is 0 Å². The van der Waals surface area contributed by atoms with E-state index in [-0.39, 0.29) is 42.1 Å². The number of aryl methyl sites for hydroxylation is 1. The van der Waals surface area contributed by atoms with E-state index in [1.54, 1.807) is 35.9 Å². The highest BCUT2D eigenvalue weighted by atomic mass is 19.2. The van der Waals surface area contributed by atoms with E-state index in [0.717, 1.165) is 36.6 Å². The van der Waals surface area contributed by atoms with E-state index in [9.17, 15) is 27.6 Å². The number of halogens is 3. The molecule has 1 saturated carbocycles. The molecule has 7 rings (SSSR count). The Morgan fingerprint density at radius 1 is 1.09 bits per heavy atom. The summed E-state index contributed by atoms with van der Waals surface area (Å²) in [4.78, 5) is 40.3. The Balaban J connectivity index is 1.05. The second kappa shape index (κ2) is 10.3. The van der Waals surface area contributed by atoms with Gasteiger partial charge in [-0.3, -0.25) is 14.3 Å². The molecule has 1 aliphatic carbocycles. The molecule has 1 unspecified atom stereocenters. The molecule has 1 atom stereocenters. The lowest BCUT2D eigenvalue weighted by Gasteiger charge is -2.21. The lowest BCUT2D eigenvalue weighted by Crippen LogP contribution is -2.46. The number of fused-ring (bicyclic) bond motifs is 1. The van der Waals surface area contributed by atoms with Crippen molar-refractivity contribution in [2.45, 2.75) is 57.8 Å². The number of carbonyl (C=O) groups excluding carboxylic acids is 3. The molecule has 3 aliphatic rings. The Morgan fingerprint density at radius 2 is 1.84 bits per heavy atom. The lowest BCUT2D eigenvalue weighted by atomic mass is 9.96. The van der Waals surface area contributed by atoms with E-state index in [0.29, 0.717) is 36.0 Å². The summed E-state index contributed by atoms with van der Waals surface area (Å²) < 4.78 is 44.5. The molecule has 1 saturated heterocycles.